The normalized spacial score (nSPS) is 21.0. The summed E-state index contributed by atoms with van der Waals surface area (Å²) < 4.78 is 38.0. The minimum Gasteiger partial charge on any atom is -0.480 e. The molecule has 1 heterocycles. The lowest BCUT2D eigenvalue weighted by Gasteiger charge is -2.34. The number of urea groups is 1. The molecule has 0 aromatic carbocycles. The Morgan fingerprint density at radius 2 is 2.14 bits per heavy atom. The molecule has 2 N–H and O–H groups in total. The van der Waals surface area contributed by atoms with E-state index in [1.807, 2.05) is 0 Å². The molecule has 21 heavy (non-hydrogen) atoms. The summed E-state index contributed by atoms with van der Waals surface area (Å²) in [5.41, 5.74) is 0. The number of hydrogen-bond donors (Lipinski definition) is 2. The van der Waals surface area contributed by atoms with Crippen molar-refractivity contribution >= 4 is 23.8 Å². The van der Waals surface area contributed by atoms with Gasteiger partial charge in [-0.2, -0.15) is 24.9 Å². The number of thioether (sulfide) groups is 1. The van der Waals surface area contributed by atoms with Crippen LogP contribution < -0.4 is 5.32 Å². The lowest BCUT2D eigenvalue weighted by atomic mass is 9.98. The van der Waals surface area contributed by atoms with Crippen molar-refractivity contribution in [1.82, 2.24) is 10.2 Å². The maximum Gasteiger partial charge on any atom is 0.393 e. The van der Waals surface area contributed by atoms with Gasteiger partial charge >= 0.3 is 18.2 Å². The van der Waals surface area contributed by atoms with Gasteiger partial charge in [0.25, 0.3) is 0 Å². The van der Waals surface area contributed by atoms with Gasteiger partial charge in [-0.1, -0.05) is 0 Å². The molecule has 2 amide bonds. The van der Waals surface area contributed by atoms with E-state index >= 15 is 0 Å². The van der Waals surface area contributed by atoms with E-state index in [2.05, 4.69) is 5.32 Å². The highest BCUT2D eigenvalue weighted by atomic mass is 32.2. The van der Waals surface area contributed by atoms with Gasteiger partial charge in [-0.15, -0.1) is 0 Å². The zero-order chi connectivity index (χ0) is 16.0. The average Bonchev–Trinajstić information content (AvgIpc) is 2.42. The zero-order valence-corrected chi connectivity index (χ0v) is 12.5. The first-order chi connectivity index (χ1) is 9.75. The van der Waals surface area contributed by atoms with Crippen LogP contribution in [0.5, 0.6) is 0 Å². The molecule has 0 aliphatic carbocycles. The smallest absolute Gasteiger partial charge is 0.393 e. The number of hydrogen-bond acceptors (Lipinski definition) is 3. The Labute approximate surface area is 125 Å². The molecule has 1 fully saturated rings. The summed E-state index contributed by atoms with van der Waals surface area (Å²) in [6.07, 6.45) is -2.02. The van der Waals surface area contributed by atoms with Crippen LogP contribution in [0.1, 0.15) is 19.3 Å². The van der Waals surface area contributed by atoms with Gasteiger partial charge in [-0.3, -0.25) is 0 Å². The Morgan fingerprint density at radius 3 is 2.67 bits per heavy atom. The lowest BCUT2D eigenvalue weighted by molar-refractivity contribution is -0.184. The summed E-state index contributed by atoms with van der Waals surface area (Å²) in [4.78, 5) is 24.0. The van der Waals surface area contributed by atoms with Crippen LogP contribution in [-0.4, -0.2) is 59.3 Å². The molecular weight excluding hydrogens is 309 g/mol. The summed E-state index contributed by atoms with van der Waals surface area (Å²) in [6, 6.07) is -1.81. The Bertz CT molecular complexity index is 379. The largest absolute Gasteiger partial charge is 0.480 e. The van der Waals surface area contributed by atoms with Gasteiger partial charge in [0.15, 0.2) is 0 Å². The Hall–Kier alpha value is -1.12. The number of rotatable bonds is 5. The van der Waals surface area contributed by atoms with Gasteiger partial charge in [0.1, 0.15) is 6.04 Å². The molecule has 0 saturated carbocycles. The third kappa shape index (κ3) is 5.64. The molecule has 1 rings (SSSR count). The average molecular weight is 328 g/mol. The van der Waals surface area contributed by atoms with Crippen LogP contribution >= 0.6 is 11.8 Å². The highest BCUT2D eigenvalue weighted by molar-refractivity contribution is 7.98. The Morgan fingerprint density at radius 1 is 1.48 bits per heavy atom. The molecule has 1 saturated heterocycles. The number of nitrogens with one attached hydrogen (secondary N) is 1. The van der Waals surface area contributed by atoms with Crippen LogP contribution in [-0.2, 0) is 4.79 Å². The van der Waals surface area contributed by atoms with E-state index in [9.17, 15) is 22.8 Å². The SMILES string of the molecule is CSCC[C@H](NC(=O)N1CCCC(C(F)(F)F)C1)C(=O)O. The van der Waals surface area contributed by atoms with Crippen LogP contribution in [0.25, 0.3) is 0 Å². The van der Waals surface area contributed by atoms with Crippen molar-refractivity contribution < 1.29 is 27.9 Å². The van der Waals surface area contributed by atoms with E-state index in [1.54, 1.807) is 6.26 Å². The summed E-state index contributed by atoms with van der Waals surface area (Å²) in [7, 11) is 0. The summed E-state index contributed by atoms with van der Waals surface area (Å²) in [6.45, 7) is -0.197. The minimum atomic E-state index is -4.33. The Kier molecular flexibility index (Phi) is 6.63. The molecule has 0 aromatic rings. The second-order valence-corrected chi connectivity index (χ2v) is 5.93. The molecule has 9 heteroatoms. The number of alkyl halides is 3. The molecule has 0 spiro atoms. The summed E-state index contributed by atoms with van der Waals surface area (Å²) >= 11 is 1.44. The monoisotopic (exact) mass is 328 g/mol. The second-order valence-electron chi connectivity index (χ2n) is 4.95. The standard InChI is InChI=1S/C12H19F3N2O3S/c1-21-6-4-9(10(18)19)16-11(20)17-5-2-3-8(7-17)12(13,14)15/h8-9H,2-7H2,1H3,(H,16,20)(H,18,19)/t8?,9-/m0/s1. The van der Waals surface area contributed by atoms with Crippen LogP contribution in [0.3, 0.4) is 0 Å². The maximum absolute atomic E-state index is 12.7. The van der Waals surface area contributed by atoms with E-state index < -0.39 is 36.7 Å². The number of aliphatic carboxylic acids is 1. The fraction of sp³-hybridized carbons (Fsp3) is 0.833. The molecule has 0 radical (unpaired) electrons. The first-order valence-corrected chi connectivity index (χ1v) is 7.99. The molecule has 1 unspecified atom stereocenters. The topological polar surface area (TPSA) is 69.6 Å². The number of carbonyl (C=O) groups is 2. The van der Waals surface area contributed by atoms with Crippen molar-refractivity contribution in [1.29, 1.82) is 0 Å². The number of carbonyl (C=O) groups excluding carboxylic acids is 1. The van der Waals surface area contributed by atoms with E-state index in [4.69, 9.17) is 5.11 Å². The van der Waals surface area contributed by atoms with Crippen molar-refractivity contribution in [3.05, 3.63) is 0 Å². The van der Waals surface area contributed by atoms with Crippen molar-refractivity contribution in [2.45, 2.75) is 31.5 Å². The number of amides is 2. The highest BCUT2D eigenvalue weighted by Crippen LogP contribution is 2.33. The van der Waals surface area contributed by atoms with Gasteiger partial charge in [0.05, 0.1) is 5.92 Å². The molecule has 0 bridgehead atoms. The van der Waals surface area contributed by atoms with Crippen LogP contribution in [0.4, 0.5) is 18.0 Å². The van der Waals surface area contributed by atoms with E-state index in [0.717, 1.165) is 4.90 Å². The summed E-state index contributed by atoms with van der Waals surface area (Å²) in [5.74, 6) is -2.17. The van der Waals surface area contributed by atoms with E-state index in [0.29, 0.717) is 5.75 Å². The predicted octanol–water partition coefficient (Wildman–Crippen LogP) is 2.18. The quantitative estimate of drug-likeness (QED) is 0.811. The molecule has 5 nitrogen and oxygen atoms in total. The molecule has 122 valence electrons. The third-order valence-electron chi connectivity index (χ3n) is 3.38. The van der Waals surface area contributed by atoms with Crippen LogP contribution in [0, 0.1) is 5.92 Å². The van der Waals surface area contributed by atoms with Crippen molar-refractivity contribution in [3.63, 3.8) is 0 Å². The zero-order valence-electron chi connectivity index (χ0n) is 11.7. The first-order valence-electron chi connectivity index (χ1n) is 6.59. The van der Waals surface area contributed by atoms with Crippen LogP contribution in [0.2, 0.25) is 0 Å². The maximum atomic E-state index is 12.7. The van der Waals surface area contributed by atoms with Crippen molar-refractivity contribution in [2.24, 2.45) is 5.92 Å². The van der Waals surface area contributed by atoms with Gasteiger partial charge in [0, 0.05) is 13.1 Å². The molecule has 1 aliphatic heterocycles. The van der Waals surface area contributed by atoms with Crippen LogP contribution in [0.15, 0.2) is 0 Å². The molecule has 0 aromatic heterocycles. The number of halogens is 3. The number of piperidine rings is 1. The number of likely N-dealkylation sites (tertiary alicyclic amines) is 1. The van der Waals surface area contributed by atoms with E-state index in [-0.39, 0.29) is 25.8 Å². The molecule has 1 aliphatic rings. The van der Waals surface area contributed by atoms with Crippen molar-refractivity contribution in [2.75, 3.05) is 25.1 Å². The number of carboxylic acid groups (broad SMARTS) is 1. The van der Waals surface area contributed by atoms with Gasteiger partial charge in [-0.05, 0) is 31.3 Å². The van der Waals surface area contributed by atoms with Crippen molar-refractivity contribution in [3.8, 4) is 0 Å². The first kappa shape index (κ1) is 17.9. The Balaban J connectivity index is 2.59. The lowest BCUT2D eigenvalue weighted by Crippen LogP contribution is -2.52. The predicted molar refractivity (Wildman–Crippen MR) is 73.3 cm³/mol. The van der Waals surface area contributed by atoms with E-state index in [1.165, 1.54) is 11.8 Å². The fourth-order valence-corrected chi connectivity index (χ4v) is 2.63. The van der Waals surface area contributed by atoms with Gasteiger partial charge < -0.3 is 15.3 Å². The number of nitrogens with zero attached hydrogens (tertiary/aromatic N) is 1. The second kappa shape index (κ2) is 7.77. The molecule has 2 atom stereocenters. The van der Waals surface area contributed by atoms with Gasteiger partial charge in [0.2, 0.25) is 0 Å². The van der Waals surface area contributed by atoms with Gasteiger partial charge in [-0.25, -0.2) is 9.59 Å². The fourth-order valence-electron chi connectivity index (χ4n) is 2.16. The third-order valence-corrected chi connectivity index (χ3v) is 4.02. The highest BCUT2D eigenvalue weighted by Gasteiger charge is 2.42. The number of carboxylic acids is 1. The summed E-state index contributed by atoms with van der Waals surface area (Å²) in [5, 5.41) is 11.3. The minimum absolute atomic E-state index is 0.00210. The molecular formula is C12H19F3N2O3S.